The second-order valence-corrected chi connectivity index (χ2v) is 6.33. The van der Waals surface area contributed by atoms with E-state index in [1.807, 2.05) is 48.5 Å². The number of methoxy groups -OCH3 is 2. The number of azo groups is 1. The van der Waals surface area contributed by atoms with E-state index in [1.165, 1.54) is 7.11 Å². The molecule has 1 fully saturated rings. The Hall–Kier alpha value is -3.09. The number of fused-ring (bicyclic) bond motifs is 3. The predicted octanol–water partition coefficient (Wildman–Crippen LogP) is 3.90. The Kier molecular flexibility index (Phi) is 3.99. The van der Waals surface area contributed by atoms with E-state index >= 15 is 0 Å². The Morgan fingerprint density at radius 2 is 1.96 bits per heavy atom. The summed E-state index contributed by atoms with van der Waals surface area (Å²) in [4.78, 5) is 13.8. The van der Waals surface area contributed by atoms with Gasteiger partial charge in [0.1, 0.15) is 17.5 Å². The first kappa shape index (κ1) is 16.4. The molecular formula is C19H20N4O3. The molecule has 2 aliphatic rings. The van der Waals surface area contributed by atoms with Crippen molar-refractivity contribution in [2.75, 3.05) is 26.1 Å². The smallest absolute Gasteiger partial charge is 0.411 e. The third kappa shape index (κ3) is 2.47. The van der Waals surface area contributed by atoms with Gasteiger partial charge in [-0.2, -0.15) is 10.2 Å². The second-order valence-electron chi connectivity index (χ2n) is 6.33. The molecule has 7 nitrogen and oxygen atoms in total. The fraction of sp³-hybridized carbons (Fsp3) is 0.316. The van der Waals surface area contributed by atoms with E-state index in [4.69, 9.17) is 14.6 Å². The molecule has 1 unspecified atom stereocenters. The lowest BCUT2D eigenvalue weighted by Crippen LogP contribution is -2.45. The zero-order valence-electron chi connectivity index (χ0n) is 14.7. The van der Waals surface area contributed by atoms with Crippen LogP contribution in [0.15, 0.2) is 58.8 Å². The fourth-order valence-corrected chi connectivity index (χ4v) is 3.70. The molecule has 2 atom stereocenters. The number of carbonyl (C=O) groups excluding carboxylic acids is 1. The van der Waals surface area contributed by atoms with Gasteiger partial charge in [-0.05, 0) is 30.3 Å². The predicted molar refractivity (Wildman–Crippen MR) is 96.8 cm³/mol. The molecule has 1 amide bonds. The molecule has 0 aromatic heterocycles. The van der Waals surface area contributed by atoms with Crippen molar-refractivity contribution in [2.24, 2.45) is 10.2 Å². The molecule has 0 bridgehead atoms. The number of nitrogens with zero attached hydrogens (tertiary/aromatic N) is 3. The van der Waals surface area contributed by atoms with Crippen LogP contribution in [0.1, 0.15) is 12.0 Å². The van der Waals surface area contributed by atoms with E-state index < -0.39 is 5.54 Å². The van der Waals surface area contributed by atoms with Crippen molar-refractivity contribution >= 4 is 17.5 Å². The number of ether oxygens (including phenoxy) is 2. The standard InChI is InChI=1S/C19H20N4O3/c1-25-14-9-7-13(8-10-14)21-22-19-11-12-23(18(24)26-2)17(19)20-16-6-4-3-5-15(16)19/h3-10,17,20H,11-12H2,1-2H3/b22-21+/t17?,19-/m0/s1. The number of hydrogen-bond acceptors (Lipinski definition) is 6. The number of carbonyl (C=O) groups is 1. The Labute approximate surface area is 151 Å². The normalized spacial score (nSPS) is 23.5. The molecule has 134 valence electrons. The Morgan fingerprint density at radius 1 is 1.19 bits per heavy atom. The summed E-state index contributed by atoms with van der Waals surface area (Å²) in [6, 6.07) is 15.4. The number of benzene rings is 2. The first-order valence-corrected chi connectivity index (χ1v) is 8.45. The highest BCUT2D eigenvalue weighted by Crippen LogP contribution is 2.50. The molecule has 2 aromatic rings. The van der Waals surface area contributed by atoms with E-state index in [0.29, 0.717) is 13.0 Å². The maximum Gasteiger partial charge on any atom is 0.411 e. The molecule has 1 saturated heterocycles. The molecule has 0 spiro atoms. The van der Waals surface area contributed by atoms with Crippen LogP contribution in [0.3, 0.4) is 0 Å². The molecule has 7 heteroatoms. The Balaban J connectivity index is 1.72. The Morgan fingerprint density at radius 3 is 2.69 bits per heavy atom. The molecule has 0 aliphatic carbocycles. The molecule has 2 heterocycles. The molecule has 0 radical (unpaired) electrons. The van der Waals surface area contributed by atoms with E-state index in [9.17, 15) is 4.79 Å². The lowest BCUT2D eigenvalue weighted by molar-refractivity contribution is 0.118. The van der Waals surface area contributed by atoms with Crippen LogP contribution in [0, 0.1) is 0 Å². The second kappa shape index (κ2) is 6.33. The third-order valence-corrected chi connectivity index (χ3v) is 5.01. The van der Waals surface area contributed by atoms with Crippen molar-refractivity contribution in [1.82, 2.24) is 4.90 Å². The quantitative estimate of drug-likeness (QED) is 0.850. The summed E-state index contributed by atoms with van der Waals surface area (Å²) in [7, 11) is 3.02. The molecular weight excluding hydrogens is 332 g/mol. The minimum absolute atomic E-state index is 0.311. The van der Waals surface area contributed by atoms with Gasteiger partial charge < -0.3 is 14.8 Å². The van der Waals surface area contributed by atoms with Crippen molar-refractivity contribution in [2.45, 2.75) is 18.1 Å². The van der Waals surface area contributed by atoms with Gasteiger partial charge in [0.15, 0.2) is 0 Å². The summed E-state index contributed by atoms with van der Waals surface area (Å²) >= 11 is 0. The fourth-order valence-electron chi connectivity index (χ4n) is 3.70. The van der Waals surface area contributed by atoms with Crippen LogP contribution in [0.25, 0.3) is 0 Å². The van der Waals surface area contributed by atoms with Crippen LogP contribution in [0.2, 0.25) is 0 Å². The van der Waals surface area contributed by atoms with Crippen molar-refractivity contribution in [3.05, 3.63) is 54.1 Å². The highest BCUT2D eigenvalue weighted by Gasteiger charge is 2.56. The maximum atomic E-state index is 12.2. The molecule has 26 heavy (non-hydrogen) atoms. The SMILES string of the molecule is COC(=O)N1CC[C@]2(/N=N/c3ccc(OC)cc3)c3ccccc3NC12. The van der Waals surface area contributed by atoms with Crippen molar-refractivity contribution in [3.8, 4) is 5.75 Å². The zero-order valence-corrected chi connectivity index (χ0v) is 14.7. The van der Waals surface area contributed by atoms with Gasteiger partial charge >= 0.3 is 6.09 Å². The van der Waals surface area contributed by atoms with Gasteiger partial charge in [-0.25, -0.2) is 4.79 Å². The van der Waals surface area contributed by atoms with Crippen molar-refractivity contribution in [1.29, 1.82) is 0 Å². The van der Waals surface area contributed by atoms with Gasteiger partial charge in [0.05, 0.1) is 19.9 Å². The number of anilines is 1. The summed E-state index contributed by atoms with van der Waals surface area (Å²) in [6.45, 7) is 0.556. The lowest BCUT2D eigenvalue weighted by Gasteiger charge is -2.27. The van der Waals surface area contributed by atoms with Crippen molar-refractivity contribution in [3.63, 3.8) is 0 Å². The zero-order chi connectivity index (χ0) is 18.1. The van der Waals surface area contributed by atoms with Crippen LogP contribution in [0.5, 0.6) is 5.75 Å². The highest BCUT2D eigenvalue weighted by molar-refractivity contribution is 5.72. The lowest BCUT2D eigenvalue weighted by atomic mass is 9.90. The summed E-state index contributed by atoms with van der Waals surface area (Å²) in [5.41, 5.74) is 2.14. The number of amides is 1. The summed E-state index contributed by atoms with van der Waals surface area (Å²) < 4.78 is 10.1. The van der Waals surface area contributed by atoms with Crippen LogP contribution >= 0.6 is 0 Å². The number of hydrogen-bond donors (Lipinski definition) is 1. The average Bonchev–Trinajstić information content (AvgIpc) is 3.20. The number of nitrogens with one attached hydrogen (secondary N) is 1. The largest absolute Gasteiger partial charge is 0.497 e. The minimum atomic E-state index is -0.620. The van der Waals surface area contributed by atoms with Gasteiger partial charge in [0.25, 0.3) is 0 Å². The molecule has 0 saturated carbocycles. The monoisotopic (exact) mass is 352 g/mol. The molecule has 4 rings (SSSR count). The Bertz CT molecular complexity index is 852. The van der Waals surface area contributed by atoms with Gasteiger partial charge in [0.2, 0.25) is 0 Å². The molecule has 2 aromatic carbocycles. The maximum absolute atomic E-state index is 12.2. The first-order chi connectivity index (χ1) is 12.7. The van der Waals surface area contributed by atoms with Gasteiger partial charge in [-0.15, -0.1) is 0 Å². The first-order valence-electron chi connectivity index (χ1n) is 8.45. The molecule has 1 N–H and O–H groups in total. The van der Waals surface area contributed by atoms with Gasteiger partial charge in [0, 0.05) is 24.2 Å². The third-order valence-electron chi connectivity index (χ3n) is 5.01. The van der Waals surface area contributed by atoms with E-state index in [-0.39, 0.29) is 12.3 Å². The number of likely N-dealkylation sites (tertiary alicyclic amines) is 1. The van der Waals surface area contributed by atoms with Crippen LogP contribution in [-0.2, 0) is 10.3 Å². The van der Waals surface area contributed by atoms with E-state index in [1.54, 1.807) is 12.0 Å². The minimum Gasteiger partial charge on any atom is -0.497 e. The molecule has 2 aliphatic heterocycles. The average molecular weight is 352 g/mol. The van der Waals surface area contributed by atoms with Crippen molar-refractivity contribution < 1.29 is 14.3 Å². The van der Waals surface area contributed by atoms with Crippen LogP contribution < -0.4 is 10.1 Å². The van der Waals surface area contributed by atoms with E-state index in [2.05, 4.69) is 10.4 Å². The number of para-hydroxylation sites is 1. The van der Waals surface area contributed by atoms with Crippen LogP contribution in [0.4, 0.5) is 16.2 Å². The summed E-state index contributed by atoms with van der Waals surface area (Å²) in [5, 5.41) is 12.6. The highest BCUT2D eigenvalue weighted by atomic mass is 16.5. The summed E-state index contributed by atoms with van der Waals surface area (Å²) in [6.07, 6.45) is 0.00218. The van der Waals surface area contributed by atoms with Crippen LogP contribution in [-0.4, -0.2) is 37.9 Å². The van der Waals surface area contributed by atoms with E-state index in [0.717, 1.165) is 22.7 Å². The van der Waals surface area contributed by atoms with Gasteiger partial charge in [-0.3, -0.25) is 4.90 Å². The summed E-state index contributed by atoms with van der Waals surface area (Å²) in [5.74, 6) is 0.769. The van der Waals surface area contributed by atoms with Gasteiger partial charge in [-0.1, -0.05) is 18.2 Å². The number of rotatable bonds is 3. The topological polar surface area (TPSA) is 75.5 Å².